The molecule has 18 heavy (non-hydrogen) atoms. The number of nitrogens with zero attached hydrogens (tertiary/aromatic N) is 1. The molecule has 0 aliphatic heterocycles. The molecule has 7 nitrogen and oxygen atoms in total. The van der Waals surface area contributed by atoms with Gasteiger partial charge in [-0.15, -0.1) is 0 Å². The normalized spacial score (nSPS) is 15.1. The minimum atomic E-state index is -3.50. The SMILES string of the molecule is CNS(=O)(=O)C[C@](C)(N)c1cccc([N+](=O)[O-])c1. The van der Waals surface area contributed by atoms with Gasteiger partial charge in [0.2, 0.25) is 10.0 Å². The molecule has 0 saturated heterocycles. The van der Waals surface area contributed by atoms with Crippen molar-refractivity contribution < 1.29 is 13.3 Å². The van der Waals surface area contributed by atoms with Gasteiger partial charge in [0.05, 0.1) is 16.2 Å². The molecule has 0 bridgehead atoms. The minimum absolute atomic E-state index is 0.119. The molecule has 1 aromatic carbocycles. The Morgan fingerprint density at radius 3 is 2.61 bits per heavy atom. The predicted molar refractivity (Wildman–Crippen MR) is 67.5 cm³/mol. The molecule has 0 aromatic heterocycles. The summed E-state index contributed by atoms with van der Waals surface area (Å²) in [6, 6.07) is 5.65. The van der Waals surface area contributed by atoms with E-state index in [0.29, 0.717) is 5.56 Å². The lowest BCUT2D eigenvalue weighted by molar-refractivity contribution is -0.385. The number of nitrogens with two attached hydrogens (primary N) is 1. The van der Waals surface area contributed by atoms with E-state index in [4.69, 9.17) is 5.73 Å². The van der Waals surface area contributed by atoms with E-state index in [1.165, 1.54) is 32.2 Å². The van der Waals surface area contributed by atoms with Gasteiger partial charge < -0.3 is 5.73 Å². The number of nitro benzene ring substituents is 1. The molecule has 0 fully saturated rings. The van der Waals surface area contributed by atoms with Crippen LogP contribution in [0.3, 0.4) is 0 Å². The summed E-state index contributed by atoms with van der Waals surface area (Å²) in [6.45, 7) is 1.51. The van der Waals surface area contributed by atoms with Gasteiger partial charge in [0.25, 0.3) is 5.69 Å². The molecule has 1 aromatic rings. The zero-order chi connectivity index (χ0) is 14.0. The number of hydrogen-bond donors (Lipinski definition) is 2. The second-order valence-corrected chi connectivity index (χ2v) is 6.11. The van der Waals surface area contributed by atoms with Crippen molar-refractivity contribution in [3.05, 3.63) is 39.9 Å². The molecule has 0 heterocycles. The molecule has 0 radical (unpaired) electrons. The molecule has 0 spiro atoms. The molecule has 100 valence electrons. The average molecular weight is 273 g/mol. The molecule has 0 amide bonds. The Labute approximate surface area is 105 Å². The van der Waals surface area contributed by atoms with E-state index in [1.807, 2.05) is 0 Å². The average Bonchev–Trinajstić information content (AvgIpc) is 2.28. The van der Waals surface area contributed by atoms with Gasteiger partial charge in [0.15, 0.2) is 0 Å². The predicted octanol–water partition coefficient (Wildman–Crippen LogP) is 0.318. The molecule has 1 rings (SSSR count). The number of hydrogen-bond acceptors (Lipinski definition) is 5. The summed E-state index contributed by atoms with van der Waals surface area (Å²) in [5.74, 6) is -0.350. The highest BCUT2D eigenvalue weighted by Gasteiger charge is 2.29. The Morgan fingerprint density at radius 1 is 1.50 bits per heavy atom. The summed E-state index contributed by atoms with van der Waals surface area (Å²) >= 11 is 0. The summed E-state index contributed by atoms with van der Waals surface area (Å²) < 4.78 is 25.1. The van der Waals surface area contributed by atoms with Gasteiger partial charge in [-0.1, -0.05) is 12.1 Å². The molecular formula is C10H15N3O4S. The first-order valence-corrected chi connectivity index (χ1v) is 6.78. The van der Waals surface area contributed by atoms with Crippen LogP contribution in [0.15, 0.2) is 24.3 Å². The highest BCUT2D eigenvalue weighted by molar-refractivity contribution is 7.89. The fourth-order valence-electron chi connectivity index (χ4n) is 1.52. The van der Waals surface area contributed by atoms with Crippen LogP contribution >= 0.6 is 0 Å². The number of nitro groups is 1. The summed E-state index contributed by atoms with van der Waals surface area (Å²) in [7, 11) is -2.21. The Morgan fingerprint density at radius 2 is 2.11 bits per heavy atom. The minimum Gasteiger partial charge on any atom is -0.321 e. The van der Waals surface area contributed by atoms with E-state index in [9.17, 15) is 18.5 Å². The summed E-state index contributed by atoms with van der Waals surface area (Å²) in [5.41, 5.74) is 5.01. The van der Waals surface area contributed by atoms with Crippen molar-refractivity contribution in [2.75, 3.05) is 12.8 Å². The fraction of sp³-hybridized carbons (Fsp3) is 0.400. The lowest BCUT2D eigenvalue weighted by Gasteiger charge is -2.24. The highest BCUT2D eigenvalue weighted by Crippen LogP contribution is 2.23. The molecule has 0 aliphatic rings. The van der Waals surface area contributed by atoms with Gasteiger partial charge in [0, 0.05) is 12.1 Å². The summed E-state index contributed by atoms with van der Waals surface area (Å²) in [6.07, 6.45) is 0. The van der Waals surface area contributed by atoms with E-state index in [2.05, 4.69) is 4.72 Å². The Balaban J connectivity index is 3.12. The smallest absolute Gasteiger partial charge is 0.269 e. The van der Waals surface area contributed by atoms with Crippen LogP contribution in [0.1, 0.15) is 12.5 Å². The molecule has 0 saturated carbocycles. The third-order valence-corrected chi connectivity index (χ3v) is 4.12. The molecular weight excluding hydrogens is 258 g/mol. The zero-order valence-corrected chi connectivity index (χ0v) is 10.9. The van der Waals surface area contributed by atoms with E-state index < -0.39 is 20.5 Å². The Hall–Kier alpha value is -1.51. The van der Waals surface area contributed by atoms with Gasteiger partial charge in [0.1, 0.15) is 0 Å². The van der Waals surface area contributed by atoms with E-state index in [0.717, 1.165) is 0 Å². The van der Waals surface area contributed by atoms with Crippen molar-refractivity contribution in [2.45, 2.75) is 12.5 Å². The lowest BCUT2D eigenvalue weighted by atomic mass is 9.95. The van der Waals surface area contributed by atoms with Crippen LogP contribution in [-0.4, -0.2) is 26.1 Å². The van der Waals surface area contributed by atoms with Gasteiger partial charge in [-0.05, 0) is 19.5 Å². The van der Waals surface area contributed by atoms with E-state index >= 15 is 0 Å². The first-order chi connectivity index (χ1) is 8.18. The third kappa shape index (κ3) is 3.49. The Kier molecular flexibility index (Phi) is 4.05. The maximum atomic E-state index is 11.5. The van der Waals surface area contributed by atoms with Gasteiger partial charge >= 0.3 is 0 Å². The van der Waals surface area contributed by atoms with Crippen molar-refractivity contribution in [2.24, 2.45) is 5.73 Å². The van der Waals surface area contributed by atoms with Gasteiger partial charge in [-0.2, -0.15) is 0 Å². The number of sulfonamides is 1. The van der Waals surface area contributed by atoms with Crippen LogP contribution in [0.4, 0.5) is 5.69 Å². The van der Waals surface area contributed by atoms with E-state index in [-0.39, 0.29) is 11.4 Å². The lowest BCUT2D eigenvalue weighted by Crippen LogP contribution is -2.43. The highest BCUT2D eigenvalue weighted by atomic mass is 32.2. The number of benzene rings is 1. The second kappa shape index (κ2) is 5.01. The second-order valence-electron chi connectivity index (χ2n) is 4.19. The summed E-state index contributed by atoms with van der Waals surface area (Å²) in [5, 5.41) is 10.7. The molecule has 1 atom stereocenters. The zero-order valence-electron chi connectivity index (χ0n) is 10.1. The third-order valence-electron chi connectivity index (χ3n) is 2.52. The molecule has 0 unspecified atom stereocenters. The van der Waals surface area contributed by atoms with Gasteiger partial charge in [-0.25, -0.2) is 13.1 Å². The standard InChI is InChI=1S/C10H15N3O4S/c1-10(11,7-18(16,17)12-2)8-4-3-5-9(6-8)13(14)15/h3-6,12H,7,11H2,1-2H3/t10-/m0/s1. The monoisotopic (exact) mass is 273 g/mol. The Bertz CT molecular complexity index is 554. The first-order valence-electron chi connectivity index (χ1n) is 5.13. The fourth-order valence-corrected chi connectivity index (χ4v) is 2.63. The molecule has 8 heteroatoms. The van der Waals surface area contributed by atoms with Gasteiger partial charge in [-0.3, -0.25) is 10.1 Å². The maximum absolute atomic E-state index is 11.5. The van der Waals surface area contributed by atoms with Crippen molar-refractivity contribution in [1.29, 1.82) is 0 Å². The molecule has 0 aliphatic carbocycles. The first kappa shape index (κ1) is 14.6. The topological polar surface area (TPSA) is 115 Å². The molecule has 3 N–H and O–H groups in total. The van der Waals surface area contributed by atoms with Crippen LogP contribution in [0, 0.1) is 10.1 Å². The largest absolute Gasteiger partial charge is 0.321 e. The van der Waals surface area contributed by atoms with Crippen LogP contribution in [0.25, 0.3) is 0 Å². The van der Waals surface area contributed by atoms with Crippen LogP contribution < -0.4 is 10.5 Å². The number of non-ortho nitro benzene ring substituents is 1. The van der Waals surface area contributed by atoms with Crippen molar-refractivity contribution >= 4 is 15.7 Å². The van der Waals surface area contributed by atoms with E-state index in [1.54, 1.807) is 6.07 Å². The van der Waals surface area contributed by atoms with Crippen molar-refractivity contribution in [1.82, 2.24) is 4.72 Å². The van der Waals surface area contributed by atoms with Crippen molar-refractivity contribution in [3.63, 3.8) is 0 Å². The number of rotatable bonds is 5. The number of nitrogens with one attached hydrogen (secondary N) is 1. The summed E-state index contributed by atoms with van der Waals surface area (Å²) in [4.78, 5) is 10.1. The van der Waals surface area contributed by atoms with Crippen LogP contribution in [0.5, 0.6) is 0 Å². The quantitative estimate of drug-likeness (QED) is 0.592. The van der Waals surface area contributed by atoms with Crippen molar-refractivity contribution in [3.8, 4) is 0 Å². The maximum Gasteiger partial charge on any atom is 0.269 e. The van der Waals surface area contributed by atoms with Crippen LogP contribution in [0.2, 0.25) is 0 Å². The van der Waals surface area contributed by atoms with Crippen LogP contribution in [-0.2, 0) is 15.6 Å².